The summed E-state index contributed by atoms with van der Waals surface area (Å²) in [5.41, 5.74) is 0.772. The van der Waals surface area contributed by atoms with Crippen LogP contribution in [0.4, 0.5) is 0 Å². The van der Waals surface area contributed by atoms with Gasteiger partial charge in [-0.2, -0.15) is 0 Å². The van der Waals surface area contributed by atoms with Gasteiger partial charge in [0, 0.05) is 6.42 Å². The molecule has 21 heavy (non-hydrogen) atoms. The fourth-order valence-electron chi connectivity index (χ4n) is 1.98. The third kappa shape index (κ3) is 3.31. The summed E-state index contributed by atoms with van der Waals surface area (Å²) in [6, 6.07) is 7.07. The lowest BCUT2D eigenvalue weighted by Gasteiger charge is -2.11. The van der Waals surface area contributed by atoms with Crippen molar-refractivity contribution >= 4 is 28.9 Å². The quantitative estimate of drug-likeness (QED) is 0.803. The molecular weight excluding hydrogens is 312 g/mol. The van der Waals surface area contributed by atoms with Crippen molar-refractivity contribution in [3.05, 3.63) is 45.1 Å². The van der Waals surface area contributed by atoms with E-state index in [1.165, 1.54) is 11.3 Å². The number of ether oxygens (including phenoxy) is 3. The van der Waals surface area contributed by atoms with E-state index in [1.807, 2.05) is 11.4 Å². The van der Waals surface area contributed by atoms with Crippen molar-refractivity contribution in [3.8, 4) is 11.5 Å². The molecule has 0 fully saturated rings. The zero-order valence-corrected chi connectivity index (χ0v) is 12.7. The van der Waals surface area contributed by atoms with Crippen molar-refractivity contribution in [2.75, 3.05) is 13.2 Å². The molecule has 1 aromatic carbocycles. The Kier molecular flexibility index (Phi) is 4.31. The van der Waals surface area contributed by atoms with Gasteiger partial charge in [0.2, 0.25) is 0 Å². The summed E-state index contributed by atoms with van der Waals surface area (Å²) in [7, 11) is 0. The number of rotatable bonds is 3. The molecule has 1 aromatic heterocycles. The molecule has 0 saturated heterocycles. The molecule has 3 rings (SSSR count). The second-order valence-corrected chi connectivity index (χ2v) is 5.86. The van der Waals surface area contributed by atoms with Gasteiger partial charge in [0.1, 0.15) is 11.5 Å². The highest BCUT2D eigenvalue weighted by molar-refractivity contribution is 7.11. The van der Waals surface area contributed by atoms with Crippen LogP contribution in [0.3, 0.4) is 0 Å². The van der Waals surface area contributed by atoms with Crippen LogP contribution in [0.2, 0.25) is 5.02 Å². The standard InChI is InChI=1S/C15H13ClO4S/c16-11-7-10(8-12-14(11)19-5-2-4-18-12)9-20-15(17)13-3-1-6-21-13/h1,3,6-8H,2,4-5,9H2. The maximum atomic E-state index is 11.8. The van der Waals surface area contributed by atoms with E-state index in [1.54, 1.807) is 18.2 Å². The summed E-state index contributed by atoms with van der Waals surface area (Å²) in [6.07, 6.45) is 0.813. The highest BCUT2D eigenvalue weighted by Gasteiger charge is 2.16. The normalized spacial score (nSPS) is 13.6. The van der Waals surface area contributed by atoms with E-state index in [9.17, 15) is 4.79 Å². The highest BCUT2D eigenvalue weighted by Crippen LogP contribution is 2.38. The van der Waals surface area contributed by atoms with E-state index in [4.69, 9.17) is 25.8 Å². The van der Waals surface area contributed by atoms with E-state index >= 15 is 0 Å². The predicted molar refractivity (Wildman–Crippen MR) is 80.5 cm³/mol. The van der Waals surface area contributed by atoms with Crippen molar-refractivity contribution in [3.63, 3.8) is 0 Å². The zero-order chi connectivity index (χ0) is 14.7. The number of thiophene rings is 1. The Morgan fingerprint density at radius 3 is 3.00 bits per heavy atom. The van der Waals surface area contributed by atoms with E-state index in [2.05, 4.69) is 0 Å². The fraction of sp³-hybridized carbons (Fsp3) is 0.267. The SMILES string of the molecule is O=C(OCc1cc(Cl)c2c(c1)OCCCO2)c1cccs1. The van der Waals surface area contributed by atoms with Gasteiger partial charge in [0.05, 0.1) is 18.2 Å². The van der Waals surface area contributed by atoms with Crippen molar-refractivity contribution in [1.29, 1.82) is 0 Å². The first-order valence-corrected chi connectivity index (χ1v) is 7.78. The number of carbonyl (C=O) groups excluding carboxylic acids is 1. The van der Waals surface area contributed by atoms with Gasteiger partial charge in [-0.05, 0) is 29.1 Å². The smallest absolute Gasteiger partial charge is 0.348 e. The fourth-order valence-corrected chi connectivity index (χ4v) is 2.89. The molecule has 0 saturated carbocycles. The molecule has 0 radical (unpaired) electrons. The van der Waals surface area contributed by atoms with E-state index in [-0.39, 0.29) is 12.6 Å². The summed E-state index contributed by atoms with van der Waals surface area (Å²) in [5, 5.41) is 2.30. The van der Waals surface area contributed by atoms with Gasteiger partial charge in [-0.15, -0.1) is 11.3 Å². The molecule has 4 nitrogen and oxygen atoms in total. The maximum absolute atomic E-state index is 11.8. The minimum atomic E-state index is -0.340. The molecular formula is C15H13ClO4S. The molecule has 6 heteroatoms. The van der Waals surface area contributed by atoms with Crippen LogP contribution in [-0.2, 0) is 11.3 Å². The second kappa shape index (κ2) is 6.37. The number of benzene rings is 1. The molecule has 0 N–H and O–H groups in total. The lowest BCUT2D eigenvalue weighted by atomic mass is 10.2. The second-order valence-electron chi connectivity index (χ2n) is 4.51. The van der Waals surface area contributed by atoms with Crippen LogP contribution in [-0.4, -0.2) is 19.2 Å². The summed E-state index contributed by atoms with van der Waals surface area (Å²) < 4.78 is 16.4. The molecule has 1 aliphatic rings. The Hall–Kier alpha value is -1.72. The van der Waals surface area contributed by atoms with E-state index < -0.39 is 0 Å². The Morgan fingerprint density at radius 2 is 2.19 bits per heavy atom. The minimum absolute atomic E-state index is 0.146. The summed E-state index contributed by atoms with van der Waals surface area (Å²) in [4.78, 5) is 12.4. The number of hydrogen-bond donors (Lipinski definition) is 0. The molecule has 2 heterocycles. The summed E-state index contributed by atoms with van der Waals surface area (Å²) in [6.45, 7) is 1.31. The Labute approximate surface area is 131 Å². The summed E-state index contributed by atoms with van der Waals surface area (Å²) >= 11 is 7.54. The van der Waals surface area contributed by atoms with Crippen molar-refractivity contribution < 1.29 is 19.0 Å². The molecule has 0 spiro atoms. The van der Waals surface area contributed by atoms with Gasteiger partial charge in [-0.25, -0.2) is 4.79 Å². The Bertz CT molecular complexity index is 639. The summed E-state index contributed by atoms with van der Waals surface area (Å²) in [5.74, 6) is 0.818. The zero-order valence-electron chi connectivity index (χ0n) is 11.1. The number of hydrogen-bond acceptors (Lipinski definition) is 5. The molecule has 2 aromatic rings. The average Bonchev–Trinajstić information content (AvgIpc) is 2.91. The molecule has 110 valence electrons. The van der Waals surface area contributed by atoms with Gasteiger partial charge in [-0.3, -0.25) is 0 Å². The highest BCUT2D eigenvalue weighted by atomic mass is 35.5. The number of carbonyl (C=O) groups is 1. The molecule has 0 atom stereocenters. The average molecular weight is 325 g/mol. The first-order chi connectivity index (χ1) is 10.2. The van der Waals surface area contributed by atoms with Gasteiger partial charge >= 0.3 is 5.97 Å². The van der Waals surface area contributed by atoms with Crippen molar-refractivity contribution in [2.24, 2.45) is 0 Å². The van der Waals surface area contributed by atoms with Crippen molar-refractivity contribution in [1.82, 2.24) is 0 Å². The third-order valence-corrected chi connectivity index (χ3v) is 4.08. The molecule has 0 bridgehead atoms. The van der Waals surface area contributed by atoms with Crippen LogP contribution < -0.4 is 9.47 Å². The van der Waals surface area contributed by atoms with Crippen LogP contribution >= 0.6 is 22.9 Å². The maximum Gasteiger partial charge on any atom is 0.348 e. The topological polar surface area (TPSA) is 44.8 Å². The molecule has 0 aliphatic carbocycles. The van der Waals surface area contributed by atoms with Gasteiger partial charge in [0.25, 0.3) is 0 Å². The van der Waals surface area contributed by atoms with Crippen LogP contribution in [0, 0.1) is 0 Å². The van der Waals surface area contributed by atoms with Crippen molar-refractivity contribution in [2.45, 2.75) is 13.0 Å². The van der Waals surface area contributed by atoms with E-state index in [0.29, 0.717) is 34.6 Å². The molecule has 0 amide bonds. The van der Waals surface area contributed by atoms with Crippen LogP contribution in [0.5, 0.6) is 11.5 Å². The monoisotopic (exact) mass is 324 g/mol. The van der Waals surface area contributed by atoms with E-state index in [0.717, 1.165) is 12.0 Å². The lowest BCUT2D eigenvalue weighted by molar-refractivity contribution is 0.0478. The molecule has 1 aliphatic heterocycles. The first-order valence-electron chi connectivity index (χ1n) is 6.52. The van der Waals surface area contributed by atoms with Crippen LogP contribution in [0.15, 0.2) is 29.6 Å². The Balaban J connectivity index is 1.73. The Morgan fingerprint density at radius 1 is 1.33 bits per heavy atom. The van der Waals surface area contributed by atoms with Gasteiger partial charge in [-0.1, -0.05) is 17.7 Å². The lowest BCUT2D eigenvalue weighted by Crippen LogP contribution is -2.03. The minimum Gasteiger partial charge on any atom is -0.489 e. The molecule has 0 unspecified atom stereocenters. The van der Waals surface area contributed by atoms with Crippen LogP contribution in [0.25, 0.3) is 0 Å². The van der Waals surface area contributed by atoms with Crippen LogP contribution in [0.1, 0.15) is 21.7 Å². The largest absolute Gasteiger partial charge is 0.489 e. The number of halogens is 1. The third-order valence-electron chi connectivity index (χ3n) is 2.95. The first kappa shape index (κ1) is 14.2. The van der Waals surface area contributed by atoms with Gasteiger partial charge in [0.15, 0.2) is 11.5 Å². The van der Waals surface area contributed by atoms with Gasteiger partial charge < -0.3 is 14.2 Å². The number of fused-ring (bicyclic) bond motifs is 1. The predicted octanol–water partition coefficient (Wildman–Crippen LogP) is 3.92. The number of esters is 1.